The molecular formula is C17H23NO3. The first kappa shape index (κ1) is 15.5. The van der Waals surface area contributed by atoms with Crippen LogP contribution in [-0.4, -0.2) is 36.3 Å². The van der Waals surface area contributed by atoms with Crippen LogP contribution in [0.5, 0.6) is 5.75 Å². The first-order valence-corrected chi connectivity index (χ1v) is 7.72. The number of amides is 1. The quantitative estimate of drug-likeness (QED) is 0.756. The molecule has 1 aliphatic rings. The Labute approximate surface area is 126 Å². The summed E-state index contributed by atoms with van der Waals surface area (Å²) in [5.74, 6) is 0.664. The van der Waals surface area contributed by atoms with Crippen LogP contribution in [0.15, 0.2) is 24.3 Å². The molecule has 1 saturated carbocycles. The van der Waals surface area contributed by atoms with Crippen molar-refractivity contribution < 1.29 is 14.3 Å². The molecule has 114 valence electrons. The van der Waals surface area contributed by atoms with E-state index in [0.717, 1.165) is 25.7 Å². The smallest absolute Gasteiger partial charge is 0.260 e. The van der Waals surface area contributed by atoms with Gasteiger partial charge in [-0.05, 0) is 44.0 Å². The van der Waals surface area contributed by atoms with E-state index >= 15 is 0 Å². The first-order valence-electron chi connectivity index (χ1n) is 7.72. The van der Waals surface area contributed by atoms with E-state index in [1.54, 1.807) is 24.3 Å². The van der Waals surface area contributed by atoms with Gasteiger partial charge in [-0.2, -0.15) is 0 Å². The summed E-state index contributed by atoms with van der Waals surface area (Å²) in [6.07, 6.45) is 6.70. The number of benzene rings is 1. The second kappa shape index (κ2) is 7.81. The minimum Gasteiger partial charge on any atom is -0.484 e. The third-order valence-electron chi connectivity index (χ3n) is 4.05. The molecule has 0 atom stereocenters. The number of aldehydes is 1. The van der Waals surface area contributed by atoms with Crippen LogP contribution in [-0.2, 0) is 4.79 Å². The number of nitrogens with zero attached hydrogens (tertiary/aromatic N) is 1. The van der Waals surface area contributed by atoms with Crippen molar-refractivity contribution >= 4 is 12.2 Å². The van der Waals surface area contributed by atoms with Crippen molar-refractivity contribution in [3.63, 3.8) is 0 Å². The van der Waals surface area contributed by atoms with Crippen LogP contribution in [0, 0.1) is 0 Å². The Morgan fingerprint density at radius 1 is 1.24 bits per heavy atom. The molecule has 1 aromatic rings. The normalized spacial score (nSPS) is 15.5. The Balaban J connectivity index is 1.87. The maximum atomic E-state index is 12.3. The molecule has 0 saturated heterocycles. The van der Waals surface area contributed by atoms with Crippen LogP contribution in [0.25, 0.3) is 0 Å². The van der Waals surface area contributed by atoms with Gasteiger partial charge in [0.05, 0.1) is 0 Å². The summed E-state index contributed by atoms with van der Waals surface area (Å²) in [5, 5.41) is 0. The summed E-state index contributed by atoms with van der Waals surface area (Å²) in [5.41, 5.74) is 0.603. The maximum absolute atomic E-state index is 12.3. The predicted octanol–water partition coefficient (Wildman–Crippen LogP) is 3.06. The van der Waals surface area contributed by atoms with E-state index in [1.165, 1.54) is 19.3 Å². The Hall–Kier alpha value is -1.84. The van der Waals surface area contributed by atoms with Gasteiger partial charge in [0.2, 0.25) is 0 Å². The van der Waals surface area contributed by atoms with Gasteiger partial charge in [0.1, 0.15) is 12.0 Å². The highest BCUT2D eigenvalue weighted by Crippen LogP contribution is 2.22. The lowest BCUT2D eigenvalue weighted by Crippen LogP contribution is -2.43. The molecule has 1 amide bonds. The van der Waals surface area contributed by atoms with E-state index in [9.17, 15) is 9.59 Å². The zero-order valence-electron chi connectivity index (χ0n) is 12.6. The molecule has 0 unspecified atom stereocenters. The van der Waals surface area contributed by atoms with Crippen LogP contribution >= 0.6 is 0 Å². The topological polar surface area (TPSA) is 46.6 Å². The van der Waals surface area contributed by atoms with Crippen molar-refractivity contribution in [3.8, 4) is 5.75 Å². The van der Waals surface area contributed by atoms with Gasteiger partial charge in [-0.25, -0.2) is 0 Å². The van der Waals surface area contributed by atoms with E-state index in [1.807, 2.05) is 11.8 Å². The number of ether oxygens (including phenoxy) is 1. The summed E-state index contributed by atoms with van der Waals surface area (Å²) in [4.78, 5) is 24.8. The van der Waals surface area contributed by atoms with Crippen molar-refractivity contribution in [2.45, 2.75) is 45.1 Å². The van der Waals surface area contributed by atoms with E-state index in [2.05, 4.69) is 0 Å². The lowest BCUT2D eigenvalue weighted by atomic mass is 9.94. The molecule has 0 aromatic heterocycles. The molecule has 2 rings (SSSR count). The van der Waals surface area contributed by atoms with E-state index < -0.39 is 0 Å². The van der Waals surface area contributed by atoms with Gasteiger partial charge in [0, 0.05) is 18.2 Å². The number of likely N-dealkylation sites (N-methyl/N-ethyl adjacent to an activating group) is 1. The summed E-state index contributed by atoms with van der Waals surface area (Å²) in [6, 6.07) is 7.18. The molecule has 4 heteroatoms. The molecule has 0 aliphatic heterocycles. The Morgan fingerprint density at radius 3 is 2.48 bits per heavy atom. The highest BCUT2D eigenvalue weighted by atomic mass is 16.5. The fraction of sp³-hybridized carbons (Fsp3) is 0.529. The summed E-state index contributed by atoms with van der Waals surface area (Å²) < 4.78 is 5.53. The molecule has 0 N–H and O–H groups in total. The fourth-order valence-corrected chi connectivity index (χ4v) is 2.90. The first-order chi connectivity index (χ1) is 10.2. The number of carbonyl (C=O) groups excluding carboxylic acids is 2. The molecule has 4 nitrogen and oxygen atoms in total. The van der Waals surface area contributed by atoms with E-state index in [0.29, 0.717) is 17.4 Å². The standard InChI is InChI=1S/C17H23NO3/c1-2-18(15-6-4-3-5-7-15)17(20)13-21-16-10-8-14(12-19)9-11-16/h8-12,15H,2-7,13H2,1H3. The van der Waals surface area contributed by atoms with Crippen molar-refractivity contribution in [3.05, 3.63) is 29.8 Å². The molecule has 1 fully saturated rings. The number of carbonyl (C=O) groups is 2. The molecule has 0 bridgehead atoms. The summed E-state index contributed by atoms with van der Waals surface area (Å²) >= 11 is 0. The summed E-state index contributed by atoms with van der Waals surface area (Å²) in [6.45, 7) is 2.81. The molecule has 1 aromatic carbocycles. The zero-order valence-corrected chi connectivity index (χ0v) is 12.6. The Morgan fingerprint density at radius 2 is 1.90 bits per heavy atom. The number of hydrogen-bond acceptors (Lipinski definition) is 3. The Bertz CT molecular complexity index is 463. The lowest BCUT2D eigenvalue weighted by Gasteiger charge is -2.33. The second-order valence-corrected chi connectivity index (χ2v) is 5.45. The number of hydrogen-bond donors (Lipinski definition) is 0. The van der Waals surface area contributed by atoms with E-state index in [4.69, 9.17) is 4.74 Å². The van der Waals surface area contributed by atoms with Gasteiger partial charge in [-0.15, -0.1) is 0 Å². The lowest BCUT2D eigenvalue weighted by molar-refractivity contribution is -0.136. The van der Waals surface area contributed by atoms with Crippen molar-refractivity contribution in [2.24, 2.45) is 0 Å². The molecule has 0 heterocycles. The minimum atomic E-state index is 0.0452. The molecule has 0 radical (unpaired) electrons. The van der Waals surface area contributed by atoms with Crippen LogP contribution < -0.4 is 4.74 Å². The fourth-order valence-electron chi connectivity index (χ4n) is 2.90. The van der Waals surface area contributed by atoms with Gasteiger partial charge in [0.25, 0.3) is 5.91 Å². The van der Waals surface area contributed by atoms with Crippen LogP contribution in [0.1, 0.15) is 49.4 Å². The monoisotopic (exact) mass is 289 g/mol. The van der Waals surface area contributed by atoms with Crippen molar-refractivity contribution in [2.75, 3.05) is 13.2 Å². The third-order valence-corrected chi connectivity index (χ3v) is 4.05. The Kier molecular flexibility index (Phi) is 5.78. The van der Waals surface area contributed by atoms with Gasteiger partial charge in [-0.3, -0.25) is 9.59 Å². The SMILES string of the molecule is CCN(C(=O)COc1ccc(C=O)cc1)C1CCCCC1. The van der Waals surface area contributed by atoms with Gasteiger partial charge in [0.15, 0.2) is 6.61 Å². The van der Waals surface area contributed by atoms with Crippen LogP contribution in [0.2, 0.25) is 0 Å². The van der Waals surface area contributed by atoms with Gasteiger partial charge >= 0.3 is 0 Å². The average Bonchev–Trinajstić information content (AvgIpc) is 2.55. The van der Waals surface area contributed by atoms with Gasteiger partial charge in [-0.1, -0.05) is 19.3 Å². The van der Waals surface area contributed by atoms with E-state index in [-0.39, 0.29) is 12.5 Å². The zero-order chi connectivity index (χ0) is 15.1. The van der Waals surface area contributed by atoms with Crippen molar-refractivity contribution in [1.82, 2.24) is 4.90 Å². The highest BCUT2D eigenvalue weighted by molar-refractivity contribution is 5.78. The van der Waals surface area contributed by atoms with Crippen molar-refractivity contribution in [1.29, 1.82) is 0 Å². The molecule has 21 heavy (non-hydrogen) atoms. The highest BCUT2D eigenvalue weighted by Gasteiger charge is 2.24. The predicted molar refractivity (Wildman–Crippen MR) is 81.6 cm³/mol. The maximum Gasteiger partial charge on any atom is 0.260 e. The van der Waals surface area contributed by atoms with Crippen LogP contribution in [0.3, 0.4) is 0 Å². The van der Waals surface area contributed by atoms with Gasteiger partial charge < -0.3 is 9.64 Å². The average molecular weight is 289 g/mol. The molecular weight excluding hydrogens is 266 g/mol. The second-order valence-electron chi connectivity index (χ2n) is 5.45. The molecule has 1 aliphatic carbocycles. The number of rotatable bonds is 6. The molecule has 0 spiro atoms. The van der Waals surface area contributed by atoms with Crippen LogP contribution in [0.4, 0.5) is 0 Å². The third kappa shape index (κ3) is 4.31. The summed E-state index contributed by atoms with van der Waals surface area (Å²) in [7, 11) is 0. The largest absolute Gasteiger partial charge is 0.484 e. The minimum absolute atomic E-state index is 0.0452.